The lowest BCUT2D eigenvalue weighted by Gasteiger charge is -2.35. The highest BCUT2D eigenvalue weighted by atomic mass is 16.7. The highest BCUT2D eigenvalue weighted by Crippen LogP contribution is 2.12. The van der Waals surface area contributed by atoms with Gasteiger partial charge in [-0.05, 0) is 41.5 Å². The van der Waals surface area contributed by atoms with Gasteiger partial charge < -0.3 is 19.1 Å². The van der Waals surface area contributed by atoms with Crippen molar-refractivity contribution >= 4 is 6.09 Å². The standard InChI is InChI=1S/C15H30N2O4/c1-14(2,3)20-12-19-11-16-7-9-17(10-8-16)13(18)21-15(4,5)6/h7-12H2,1-6H3. The number of piperazine rings is 1. The summed E-state index contributed by atoms with van der Waals surface area (Å²) in [7, 11) is 0. The topological polar surface area (TPSA) is 51.2 Å². The fraction of sp³-hybridized carbons (Fsp3) is 0.933. The Morgan fingerprint density at radius 3 is 2.00 bits per heavy atom. The maximum Gasteiger partial charge on any atom is 0.410 e. The Morgan fingerprint density at radius 2 is 1.52 bits per heavy atom. The molecule has 1 aliphatic heterocycles. The summed E-state index contributed by atoms with van der Waals surface area (Å²) < 4.78 is 16.4. The SMILES string of the molecule is CC(C)(C)OCOCN1CCN(C(=O)OC(C)(C)C)CC1. The molecule has 0 radical (unpaired) electrons. The van der Waals surface area contributed by atoms with Crippen LogP contribution in [0.1, 0.15) is 41.5 Å². The minimum atomic E-state index is -0.443. The summed E-state index contributed by atoms with van der Waals surface area (Å²) in [6.45, 7) is 15.3. The maximum absolute atomic E-state index is 11.9. The van der Waals surface area contributed by atoms with Gasteiger partial charge in [0.05, 0.1) is 5.60 Å². The first-order valence-electron chi connectivity index (χ1n) is 7.49. The van der Waals surface area contributed by atoms with Gasteiger partial charge in [-0.2, -0.15) is 0 Å². The molecule has 124 valence electrons. The van der Waals surface area contributed by atoms with E-state index in [1.807, 2.05) is 41.5 Å². The molecule has 1 rings (SSSR count). The van der Waals surface area contributed by atoms with E-state index in [1.54, 1.807) is 4.90 Å². The van der Waals surface area contributed by atoms with Crippen LogP contribution in [0.3, 0.4) is 0 Å². The lowest BCUT2D eigenvalue weighted by atomic mass is 10.2. The van der Waals surface area contributed by atoms with Crippen LogP contribution < -0.4 is 0 Å². The van der Waals surface area contributed by atoms with Gasteiger partial charge in [-0.1, -0.05) is 0 Å². The van der Waals surface area contributed by atoms with Gasteiger partial charge in [0.1, 0.15) is 19.1 Å². The molecule has 1 fully saturated rings. The number of hydrogen-bond donors (Lipinski definition) is 0. The average molecular weight is 302 g/mol. The molecule has 1 saturated heterocycles. The first-order valence-corrected chi connectivity index (χ1v) is 7.49. The van der Waals surface area contributed by atoms with Crippen LogP contribution in [-0.2, 0) is 14.2 Å². The second-order valence-electron chi connectivity index (χ2n) is 7.29. The molecule has 0 unspecified atom stereocenters. The number of carbonyl (C=O) groups excluding carboxylic acids is 1. The van der Waals surface area contributed by atoms with Gasteiger partial charge >= 0.3 is 6.09 Å². The van der Waals surface area contributed by atoms with Gasteiger partial charge in [0, 0.05) is 26.2 Å². The Kier molecular flexibility index (Phi) is 6.43. The lowest BCUT2D eigenvalue weighted by molar-refractivity contribution is -0.143. The zero-order valence-corrected chi connectivity index (χ0v) is 14.3. The van der Waals surface area contributed by atoms with Crippen LogP contribution in [0.2, 0.25) is 0 Å². The summed E-state index contributed by atoms with van der Waals surface area (Å²) in [5.41, 5.74) is -0.628. The highest BCUT2D eigenvalue weighted by Gasteiger charge is 2.25. The molecular formula is C15H30N2O4. The Labute approximate surface area is 128 Å². The molecule has 0 aliphatic carbocycles. The summed E-state index contributed by atoms with van der Waals surface area (Å²) in [6, 6.07) is 0. The smallest absolute Gasteiger partial charge is 0.410 e. The van der Waals surface area contributed by atoms with Crippen LogP contribution >= 0.6 is 0 Å². The van der Waals surface area contributed by atoms with Gasteiger partial charge in [0.25, 0.3) is 0 Å². The molecule has 1 aliphatic rings. The molecule has 0 spiro atoms. The van der Waals surface area contributed by atoms with Crippen molar-refractivity contribution in [1.82, 2.24) is 9.80 Å². The van der Waals surface area contributed by atoms with E-state index in [4.69, 9.17) is 14.2 Å². The Morgan fingerprint density at radius 1 is 0.952 bits per heavy atom. The number of ether oxygens (including phenoxy) is 3. The minimum absolute atomic E-state index is 0.185. The molecule has 0 saturated carbocycles. The number of hydrogen-bond acceptors (Lipinski definition) is 5. The molecule has 0 aromatic heterocycles. The second kappa shape index (κ2) is 7.42. The van der Waals surface area contributed by atoms with Crippen molar-refractivity contribution in [2.75, 3.05) is 39.7 Å². The van der Waals surface area contributed by atoms with Gasteiger partial charge in [-0.3, -0.25) is 4.90 Å². The molecule has 0 aromatic rings. The number of nitrogens with zero attached hydrogens (tertiary/aromatic N) is 2. The monoisotopic (exact) mass is 302 g/mol. The van der Waals surface area contributed by atoms with E-state index in [0.29, 0.717) is 19.8 Å². The van der Waals surface area contributed by atoms with Crippen LogP contribution in [-0.4, -0.2) is 66.8 Å². The van der Waals surface area contributed by atoms with Crippen LogP contribution in [0.15, 0.2) is 0 Å². The third-order valence-corrected chi connectivity index (χ3v) is 2.87. The van der Waals surface area contributed by atoms with Crippen molar-refractivity contribution in [2.45, 2.75) is 52.7 Å². The maximum atomic E-state index is 11.9. The summed E-state index contributed by atoms with van der Waals surface area (Å²) >= 11 is 0. The molecule has 1 amide bonds. The van der Waals surface area contributed by atoms with Crippen LogP contribution in [0.4, 0.5) is 4.79 Å². The third-order valence-electron chi connectivity index (χ3n) is 2.87. The molecule has 0 N–H and O–H groups in total. The number of amides is 1. The molecule has 1 heterocycles. The first kappa shape index (κ1) is 18.2. The van der Waals surface area contributed by atoms with Crippen LogP contribution in [0.25, 0.3) is 0 Å². The van der Waals surface area contributed by atoms with Crippen LogP contribution in [0.5, 0.6) is 0 Å². The predicted octanol–water partition coefficient (Wildman–Crippen LogP) is 2.29. The normalized spacial score (nSPS) is 17.9. The predicted molar refractivity (Wildman–Crippen MR) is 81.0 cm³/mol. The molecule has 6 heteroatoms. The van der Waals surface area contributed by atoms with Crippen molar-refractivity contribution in [1.29, 1.82) is 0 Å². The summed E-state index contributed by atoms with van der Waals surface area (Å²) in [6.07, 6.45) is -0.237. The zero-order chi connectivity index (χ0) is 16.1. The fourth-order valence-corrected chi connectivity index (χ4v) is 1.77. The molecule has 0 aromatic carbocycles. The second-order valence-corrected chi connectivity index (χ2v) is 7.29. The third kappa shape index (κ3) is 8.24. The van der Waals surface area contributed by atoms with Crippen molar-refractivity contribution in [3.63, 3.8) is 0 Å². The quantitative estimate of drug-likeness (QED) is 0.589. The minimum Gasteiger partial charge on any atom is -0.444 e. The largest absolute Gasteiger partial charge is 0.444 e. The Balaban J connectivity index is 2.19. The number of carbonyl (C=O) groups is 1. The van der Waals surface area contributed by atoms with E-state index >= 15 is 0 Å². The fourth-order valence-electron chi connectivity index (χ4n) is 1.77. The summed E-state index contributed by atoms with van der Waals surface area (Å²) in [5, 5.41) is 0. The molecular weight excluding hydrogens is 272 g/mol. The van der Waals surface area contributed by atoms with Gasteiger partial charge in [-0.15, -0.1) is 0 Å². The van der Waals surface area contributed by atoms with E-state index in [1.165, 1.54) is 0 Å². The van der Waals surface area contributed by atoms with E-state index < -0.39 is 5.60 Å². The van der Waals surface area contributed by atoms with Crippen molar-refractivity contribution < 1.29 is 19.0 Å². The Hall–Kier alpha value is -0.850. The van der Waals surface area contributed by atoms with E-state index in [9.17, 15) is 4.79 Å². The van der Waals surface area contributed by atoms with Gasteiger partial charge in [0.2, 0.25) is 0 Å². The first-order chi connectivity index (χ1) is 9.57. The molecule has 6 nitrogen and oxygen atoms in total. The molecule has 0 atom stereocenters. The van der Waals surface area contributed by atoms with Crippen LogP contribution in [0, 0.1) is 0 Å². The van der Waals surface area contributed by atoms with E-state index in [2.05, 4.69) is 4.90 Å². The lowest BCUT2D eigenvalue weighted by Crippen LogP contribution is -2.50. The highest BCUT2D eigenvalue weighted by molar-refractivity contribution is 5.68. The van der Waals surface area contributed by atoms with Gasteiger partial charge in [0.15, 0.2) is 0 Å². The van der Waals surface area contributed by atoms with E-state index in [-0.39, 0.29) is 18.5 Å². The van der Waals surface area contributed by atoms with Crippen molar-refractivity contribution in [3.8, 4) is 0 Å². The summed E-state index contributed by atoms with van der Waals surface area (Å²) in [4.78, 5) is 15.8. The van der Waals surface area contributed by atoms with E-state index in [0.717, 1.165) is 13.1 Å². The van der Waals surface area contributed by atoms with Gasteiger partial charge in [-0.25, -0.2) is 4.79 Å². The summed E-state index contributed by atoms with van der Waals surface area (Å²) in [5.74, 6) is 0. The molecule has 0 bridgehead atoms. The van der Waals surface area contributed by atoms with Crippen molar-refractivity contribution in [2.24, 2.45) is 0 Å². The average Bonchev–Trinajstić information content (AvgIpc) is 2.32. The zero-order valence-electron chi connectivity index (χ0n) is 14.3. The van der Waals surface area contributed by atoms with Crippen molar-refractivity contribution in [3.05, 3.63) is 0 Å². The number of rotatable bonds is 4. The molecule has 21 heavy (non-hydrogen) atoms. The Bertz CT molecular complexity index is 326.